The fraction of sp³-hybridized carbons (Fsp3) is 0.636. The lowest BCUT2D eigenvalue weighted by Crippen LogP contribution is -2.42. The summed E-state index contributed by atoms with van der Waals surface area (Å²) >= 11 is 5.61. The molecule has 1 unspecified atom stereocenters. The van der Waals surface area contributed by atoms with Crippen molar-refractivity contribution < 1.29 is 14.6 Å². The molecular weight excluding hydrogens is 258 g/mol. The fourth-order valence-corrected chi connectivity index (χ4v) is 1.80. The number of aliphatic hydroxyl groups excluding tert-OH is 1. The topological polar surface area (TPSA) is 67.7 Å². The Bertz CT molecular complexity index is 357. The molecule has 7 heteroatoms. The molecule has 1 N–H and O–H groups in total. The van der Waals surface area contributed by atoms with Crippen LogP contribution in [0.1, 0.15) is 0 Å². The lowest BCUT2D eigenvalue weighted by Gasteiger charge is -2.28. The number of halogens is 1. The Morgan fingerprint density at radius 3 is 2.83 bits per heavy atom. The Kier molecular flexibility index (Phi) is 5.12. The first kappa shape index (κ1) is 13.5. The molecule has 100 valence electrons. The lowest BCUT2D eigenvalue weighted by molar-refractivity contribution is 0.00415. The number of hydrogen-bond donors (Lipinski definition) is 1. The Morgan fingerprint density at radius 2 is 2.17 bits per heavy atom. The van der Waals surface area contributed by atoms with E-state index < -0.39 is 6.10 Å². The van der Waals surface area contributed by atoms with E-state index in [4.69, 9.17) is 21.1 Å². The zero-order valence-corrected chi connectivity index (χ0v) is 10.7. The first-order valence-corrected chi connectivity index (χ1v) is 6.22. The number of β-amino-alcohol motifs (C(OH)–C–C–N with tert-alkyl or cyclic N) is 1. The summed E-state index contributed by atoms with van der Waals surface area (Å²) in [6.45, 7) is 3.89. The normalized spacial score (nSPS) is 18.6. The number of nitrogens with zero attached hydrogens (tertiary/aromatic N) is 3. The van der Waals surface area contributed by atoms with Gasteiger partial charge in [-0.15, -0.1) is 10.2 Å². The predicted octanol–water partition coefficient (Wildman–Crippen LogP) is 0.202. The van der Waals surface area contributed by atoms with Gasteiger partial charge in [0.15, 0.2) is 5.15 Å². The van der Waals surface area contributed by atoms with E-state index in [1.54, 1.807) is 12.1 Å². The van der Waals surface area contributed by atoms with E-state index in [-0.39, 0.29) is 6.61 Å². The quantitative estimate of drug-likeness (QED) is 0.827. The second-order valence-corrected chi connectivity index (χ2v) is 4.46. The average molecular weight is 274 g/mol. The molecule has 1 atom stereocenters. The number of aliphatic hydroxyl groups is 1. The molecule has 2 rings (SSSR count). The number of aromatic nitrogens is 2. The zero-order valence-electron chi connectivity index (χ0n) is 9.96. The molecule has 1 aliphatic rings. The molecule has 1 aromatic heterocycles. The van der Waals surface area contributed by atoms with E-state index in [1.807, 2.05) is 0 Å². The third-order valence-corrected chi connectivity index (χ3v) is 2.81. The van der Waals surface area contributed by atoms with Crippen LogP contribution in [-0.4, -0.2) is 65.8 Å². The fourth-order valence-electron chi connectivity index (χ4n) is 1.70. The van der Waals surface area contributed by atoms with Crippen molar-refractivity contribution in [3.8, 4) is 5.88 Å². The molecule has 0 bridgehead atoms. The van der Waals surface area contributed by atoms with Gasteiger partial charge in [-0.2, -0.15) is 0 Å². The molecule has 0 saturated carbocycles. The third kappa shape index (κ3) is 4.38. The molecule has 0 aliphatic carbocycles. The van der Waals surface area contributed by atoms with Crippen LogP contribution in [0.2, 0.25) is 5.15 Å². The smallest absolute Gasteiger partial charge is 0.233 e. The number of ether oxygens (including phenoxy) is 2. The zero-order chi connectivity index (χ0) is 12.8. The molecule has 18 heavy (non-hydrogen) atoms. The van der Waals surface area contributed by atoms with Crippen LogP contribution in [0.4, 0.5) is 0 Å². The Balaban J connectivity index is 1.70. The van der Waals surface area contributed by atoms with Crippen molar-refractivity contribution in [2.75, 3.05) is 39.5 Å². The number of morpholine rings is 1. The Hall–Kier alpha value is -0.950. The van der Waals surface area contributed by atoms with Gasteiger partial charge in [-0.25, -0.2) is 0 Å². The maximum Gasteiger partial charge on any atom is 0.233 e. The van der Waals surface area contributed by atoms with Crippen molar-refractivity contribution in [2.45, 2.75) is 6.10 Å². The van der Waals surface area contributed by atoms with Crippen molar-refractivity contribution in [3.63, 3.8) is 0 Å². The van der Waals surface area contributed by atoms with E-state index in [0.717, 1.165) is 26.3 Å². The highest BCUT2D eigenvalue weighted by molar-refractivity contribution is 6.29. The van der Waals surface area contributed by atoms with Crippen LogP contribution in [0.3, 0.4) is 0 Å². The second-order valence-electron chi connectivity index (χ2n) is 4.07. The summed E-state index contributed by atoms with van der Waals surface area (Å²) in [7, 11) is 0. The molecular formula is C11H16ClN3O3. The largest absolute Gasteiger partial charge is 0.474 e. The predicted molar refractivity (Wildman–Crippen MR) is 65.8 cm³/mol. The van der Waals surface area contributed by atoms with Crippen molar-refractivity contribution in [1.82, 2.24) is 15.1 Å². The second kappa shape index (κ2) is 6.84. The summed E-state index contributed by atoms with van der Waals surface area (Å²) in [4.78, 5) is 2.14. The third-order valence-electron chi connectivity index (χ3n) is 2.60. The van der Waals surface area contributed by atoms with Gasteiger partial charge in [-0.05, 0) is 6.07 Å². The van der Waals surface area contributed by atoms with Crippen molar-refractivity contribution >= 4 is 11.6 Å². The molecule has 0 aromatic carbocycles. The number of rotatable bonds is 5. The first-order valence-electron chi connectivity index (χ1n) is 5.84. The monoisotopic (exact) mass is 273 g/mol. The molecule has 1 aromatic rings. The van der Waals surface area contributed by atoms with E-state index in [2.05, 4.69) is 15.1 Å². The molecule has 1 aliphatic heterocycles. The minimum atomic E-state index is -0.555. The summed E-state index contributed by atoms with van der Waals surface area (Å²) < 4.78 is 10.6. The van der Waals surface area contributed by atoms with E-state index >= 15 is 0 Å². The molecule has 0 spiro atoms. The Labute approximate surface area is 110 Å². The molecule has 0 radical (unpaired) electrons. The van der Waals surface area contributed by atoms with Crippen LogP contribution in [0, 0.1) is 0 Å². The minimum Gasteiger partial charge on any atom is -0.474 e. The highest BCUT2D eigenvalue weighted by Gasteiger charge is 2.15. The SMILES string of the molecule is OC(COc1ccc(Cl)nn1)CN1CCOCC1. The molecule has 2 heterocycles. The lowest BCUT2D eigenvalue weighted by atomic mass is 10.3. The van der Waals surface area contributed by atoms with Gasteiger partial charge in [0.05, 0.1) is 13.2 Å². The summed E-state index contributed by atoms with van der Waals surface area (Å²) in [6, 6.07) is 3.22. The standard InChI is InChI=1S/C11H16ClN3O3/c12-10-1-2-11(14-13-10)18-8-9(16)7-15-3-5-17-6-4-15/h1-2,9,16H,3-8H2. The molecule has 0 amide bonds. The van der Waals surface area contributed by atoms with E-state index in [9.17, 15) is 5.11 Å². The van der Waals surface area contributed by atoms with Crippen LogP contribution in [-0.2, 0) is 4.74 Å². The summed E-state index contributed by atoms with van der Waals surface area (Å²) in [6.07, 6.45) is -0.555. The van der Waals surface area contributed by atoms with Crippen molar-refractivity contribution in [3.05, 3.63) is 17.3 Å². The minimum absolute atomic E-state index is 0.188. The highest BCUT2D eigenvalue weighted by atomic mass is 35.5. The van der Waals surface area contributed by atoms with Crippen molar-refractivity contribution in [2.24, 2.45) is 0 Å². The summed E-state index contributed by atoms with van der Waals surface area (Å²) in [5.41, 5.74) is 0. The van der Waals surface area contributed by atoms with Crippen LogP contribution < -0.4 is 4.74 Å². The van der Waals surface area contributed by atoms with Gasteiger partial charge in [0, 0.05) is 25.7 Å². The van der Waals surface area contributed by atoms with E-state index in [1.165, 1.54) is 0 Å². The maximum absolute atomic E-state index is 9.84. The van der Waals surface area contributed by atoms with Crippen LogP contribution in [0.25, 0.3) is 0 Å². The van der Waals surface area contributed by atoms with Gasteiger partial charge in [0.2, 0.25) is 5.88 Å². The summed E-state index contributed by atoms with van der Waals surface area (Å²) in [5.74, 6) is 0.362. The Morgan fingerprint density at radius 1 is 1.39 bits per heavy atom. The van der Waals surface area contributed by atoms with Gasteiger partial charge < -0.3 is 14.6 Å². The molecule has 6 nitrogen and oxygen atoms in total. The summed E-state index contributed by atoms with van der Waals surface area (Å²) in [5, 5.41) is 17.6. The molecule has 1 fully saturated rings. The van der Waals surface area contributed by atoms with Gasteiger partial charge in [-0.3, -0.25) is 4.90 Å². The first-order chi connectivity index (χ1) is 8.74. The van der Waals surface area contributed by atoms with Gasteiger partial charge in [0.1, 0.15) is 12.7 Å². The van der Waals surface area contributed by atoms with Gasteiger partial charge in [-0.1, -0.05) is 11.6 Å². The molecule has 1 saturated heterocycles. The van der Waals surface area contributed by atoms with Gasteiger partial charge >= 0.3 is 0 Å². The van der Waals surface area contributed by atoms with Gasteiger partial charge in [0.25, 0.3) is 0 Å². The highest BCUT2D eigenvalue weighted by Crippen LogP contribution is 2.08. The van der Waals surface area contributed by atoms with E-state index in [0.29, 0.717) is 17.6 Å². The van der Waals surface area contributed by atoms with Crippen LogP contribution >= 0.6 is 11.6 Å². The van der Waals surface area contributed by atoms with Crippen molar-refractivity contribution in [1.29, 1.82) is 0 Å². The van der Waals surface area contributed by atoms with Crippen LogP contribution in [0.15, 0.2) is 12.1 Å². The number of hydrogen-bond acceptors (Lipinski definition) is 6. The average Bonchev–Trinajstić information content (AvgIpc) is 2.39. The van der Waals surface area contributed by atoms with Crippen LogP contribution in [0.5, 0.6) is 5.88 Å². The maximum atomic E-state index is 9.84.